The van der Waals surface area contributed by atoms with Crippen molar-refractivity contribution in [2.45, 2.75) is 20.3 Å². The molecule has 0 radical (unpaired) electrons. The van der Waals surface area contributed by atoms with E-state index in [1.807, 2.05) is 19.9 Å². The van der Waals surface area contributed by atoms with Crippen LogP contribution in [-0.4, -0.2) is 14.7 Å². The summed E-state index contributed by atoms with van der Waals surface area (Å²) in [5, 5.41) is 15.3. The average molecular weight is 260 g/mol. The van der Waals surface area contributed by atoms with E-state index in [0.29, 0.717) is 11.5 Å². The fourth-order valence-corrected chi connectivity index (χ4v) is 2.17. The summed E-state index contributed by atoms with van der Waals surface area (Å²) in [7, 11) is 1.77. The summed E-state index contributed by atoms with van der Waals surface area (Å²) in [5.41, 5.74) is 9.22. The molecule has 0 saturated heterocycles. The molecule has 2 aromatic rings. The predicted octanol–water partition coefficient (Wildman–Crippen LogP) is 2.45. The smallest absolute Gasteiger partial charge is 0.270 e. The molecule has 0 atom stereocenters. The van der Waals surface area contributed by atoms with Crippen LogP contribution in [0.1, 0.15) is 18.1 Å². The number of anilines is 1. The lowest BCUT2D eigenvalue weighted by Gasteiger charge is -2.03. The number of aromatic nitrogens is 2. The van der Waals surface area contributed by atoms with Crippen LogP contribution < -0.4 is 5.73 Å². The van der Waals surface area contributed by atoms with Crippen LogP contribution in [0.25, 0.3) is 11.3 Å². The van der Waals surface area contributed by atoms with E-state index in [1.165, 1.54) is 6.07 Å². The molecule has 6 nitrogen and oxygen atoms in total. The van der Waals surface area contributed by atoms with Crippen molar-refractivity contribution in [2.24, 2.45) is 7.05 Å². The Balaban J connectivity index is 2.65. The van der Waals surface area contributed by atoms with E-state index in [0.717, 1.165) is 23.1 Å². The highest BCUT2D eigenvalue weighted by Crippen LogP contribution is 2.30. The number of hydrogen-bond acceptors (Lipinski definition) is 4. The Labute approximate surface area is 111 Å². The third kappa shape index (κ3) is 2.29. The Morgan fingerprint density at radius 3 is 2.68 bits per heavy atom. The number of nitro benzene ring substituents is 1. The number of aryl methyl sites for hydroxylation is 2. The number of nitrogen functional groups attached to an aromatic ring is 1. The standard InChI is InChI=1S/C13H16N4O2/c1-4-11-12(15-16(3)13(11)14)9-5-8(2)6-10(7-9)17(18)19/h5-7H,4,14H2,1-3H3. The fraction of sp³-hybridized carbons (Fsp3) is 0.308. The van der Waals surface area contributed by atoms with Crippen molar-refractivity contribution in [3.8, 4) is 11.3 Å². The van der Waals surface area contributed by atoms with E-state index in [2.05, 4.69) is 5.10 Å². The Bertz CT molecular complexity index is 646. The van der Waals surface area contributed by atoms with E-state index in [1.54, 1.807) is 17.8 Å². The second-order valence-electron chi connectivity index (χ2n) is 4.50. The van der Waals surface area contributed by atoms with Crippen LogP contribution in [-0.2, 0) is 13.5 Å². The highest BCUT2D eigenvalue weighted by molar-refractivity contribution is 5.71. The van der Waals surface area contributed by atoms with Crippen molar-refractivity contribution in [1.82, 2.24) is 9.78 Å². The van der Waals surface area contributed by atoms with Crippen LogP contribution in [0, 0.1) is 17.0 Å². The lowest BCUT2D eigenvalue weighted by atomic mass is 10.0. The molecule has 0 bridgehead atoms. The molecule has 0 fully saturated rings. The van der Waals surface area contributed by atoms with Crippen LogP contribution in [0.2, 0.25) is 0 Å². The molecular weight excluding hydrogens is 244 g/mol. The van der Waals surface area contributed by atoms with Gasteiger partial charge >= 0.3 is 0 Å². The van der Waals surface area contributed by atoms with Crippen LogP contribution in [0.15, 0.2) is 18.2 Å². The lowest BCUT2D eigenvalue weighted by Crippen LogP contribution is -1.98. The quantitative estimate of drug-likeness (QED) is 0.678. The van der Waals surface area contributed by atoms with Gasteiger partial charge in [-0.1, -0.05) is 6.92 Å². The second kappa shape index (κ2) is 4.72. The number of hydrogen-bond donors (Lipinski definition) is 1. The van der Waals surface area contributed by atoms with E-state index >= 15 is 0 Å². The molecule has 0 saturated carbocycles. The minimum absolute atomic E-state index is 0.0706. The molecule has 0 aliphatic rings. The first-order valence-electron chi connectivity index (χ1n) is 6.01. The maximum atomic E-state index is 10.9. The zero-order chi connectivity index (χ0) is 14.2. The fourth-order valence-electron chi connectivity index (χ4n) is 2.17. The maximum absolute atomic E-state index is 10.9. The molecule has 100 valence electrons. The van der Waals surface area contributed by atoms with Gasteiger partial charge in [-0.05, 0) is 25.0 Å². The number of nitro groups is 1. The Morgan fingerprint density at radius 1 is 1.42 bits per heavy atom. The SMILES string of the molecule is CCc1c(-c2cc(C)cc([N+](=O)[O-])c2)nn(C)c1N. The van der Waals surface area contributed by atoms with E-state index in [-0.39, 0.29) is 5.69 Å². The summed E-state index contributed by atoms with van der Waals surface area (Å²) in [6, 6.07) is 4.96. The van der Waals surface area contributed by atoms with Crippen LogP contribution in [0.3, 0.4) is 0 Å². The van der Waals surface area contributed by atoms with E-state index in [4.69, 9.17) is 5.73 Å². The van der Waals surface area contributed by atoms with Crippen molar-refractivity contribution >= 4 is 11.5 Å². The van der Waals surface area contributed by atoms with Gasteiger partial charge in [0, 0.05) is 30.3 Å². The van der Waals surface area contributed by atoms with Gasteiger partial charge in [-0.3, -0.25) is 14.8 Å². The number of nitrogens with two attached hydrogens (primary N) is 1. The van der Waals surface area contributed by atoms with Gasteiger partial charge in [0.05, 0.1) is 10.6 Å². The van der Waals surface area contributed by atoms with Crippen molar-refractivity contribution in [3.63, 3.8) is 0 Å². The normalized spacial score (nSPS) is 10.7. The van der Waals surface area contributed by atoms with Crippen molar-refractivity contribution in [3.05, 3.63) is 39.4 Å². The highest BCUT2D eigenvalue weighted by atomic mass is 16.6. The first-order chi connectivity index (χ1) is 8.93. The first kappa shape index (κ1) is 13.1. The minimum Gasteiger partial charge on any atom is -0.384 e. The molecule has 0 aliphatic heterocycles. The monoisotopic (exact) mass is 260 g/mol. The van der Waals surface area contributed by atoms with Crippen molar-refractivity contribution < 1.29 is 4.92 Å². The maximum Gasteiger partial charge on any atom is 0.270 e. The number of benzene rings is 1. The predicted molar refractivity (Wildman–Crippen MR) is 73.8 cm³/mol. The summed E-state index contributed by atoms with van der Waals surface area (Å²) < 4.78 is 1.60. The summed E-state index contributed by atoms with van der Waals surface area (Å²) in [6.45, 7) is 3.81. The number of rotatable bonds is 3. The van der Waals surface area contributed by atoms with Gasteiger partial charge in [-0.2, -0.15) is 5.10 Å². The molecule has 6 heteroatoms. The topological polar surface area (TPSA) is 87.0 Å². The third-order valence-corrected chi connectivity index (χ3v) is 3.09. The van der Waals surface area contributed by atoms with E-state index in [9.17, 15) is 10.1 Å². The molecule has 0 spiro atoms. The highest BCUT2D eigenvalue weighted by Gasteiger charge is 2.17. The lowest BCUT2D eigenvalue weighted by molar-refractivity contribution is -0.384. The average Bonchev–Trinajstić information content (AvgIpc) is 2.64. The van der Waals surface area contributed by atoms with Crippen LogP contribution >= 0.6 is 0 Å². The molecule has 2 rings (SSSR count). The van der Waals surface area contributed by atoms with Crippen LogP contribution in [0.4, 0.5) is 11.5 Å². The van der Waals surface area contributed by atoms with Gasteiger partial charge in [-0.15, -0.1) is 0 Å². The Morgan fingerprint density at radius 2 is 2.11 bits per heavy atom. The molecule has 19 heavy (non-hydrogen) atoms. The summed E-state index contributed by atoms with van der Waals surface area (Å²) in [6.07, 6.45) is 0.733. The van der Waals surface area contributed by atoms with E-state index < -0.39 is 4.92 Å². The van der Waals surface area contributed by atoms with Gasteiger partial charge < -0.3 is 5.73 Å². The van der Waals surface area contributed by atoms with Crippen LogP contribution in [0.5, 0.6) is 0 Å². The molecule has 0 aliphatic carbocycles. The molecular formula is C13H16N4O2. The molecule has 1 aromatic heterocycles. The molecule has 1 aromatic carbocycles. The van der Waals surface area contributed by atoms with Gasteiger partial charge in [-0.25, -0.2) is 0 Å². The number of non-ortho nitro benzene ring substituents is 1. The zero-order valence-corrected chi connectivity index (χ0v) is 11.2. The largest absolute Gasteiger partial charge is 0.384 e. The summed E-state index contributed by atoms with van der Waals surface area (Å²) >= 11 is 0. The third-order valence-electron chi connectivity index (χ3n) is 3.09. The molecule has 0 unspecified atom stereocenters. The van der Waals surface area contributed by atoms with Gasteiger partial charge in [0.2, 0.25) is 0 Å². The van der Waals surface area contributed by atoms with Crippen molar-refractivity contribution in [2.75, 3.05) is 5.73 Å². The Hall–Kier alpha value is -2.37. The minimum atomic E-state index is -0.394. The number of nitrogens with zero attached hydrogens (tertiary/aromatic N) is 3. The van der Waals surface area contributed by atoms with Gasteiger partial charge in [0.1, 0.15) is 5.82 Å². The van der Waals surface area contributed by atoms with Gasteiger partial charge in [0.15, 0.2) is 0 Å². The summed E-state index contributed by atoms with van der Waals surface area (Å²) in [4.78, 5) is 10.5. The first-order valence-corrected chi connectivity index (χ1v) is 6.01. The molecule has 2 N–H and O–H groups in total. The second-order valence-corrected chi connectivity index (χ2v) is 4.50. The van der Waals surface area contributed by atoms with Crippen molar-refractivity contribution in [1.29, 1.82) is 0 Å². The Kier molecular flexibility index (Phi) is 3.25. The zero-order valence-electron chi connectivity index (χ0n) is 11.2. The van der Waals surface area contributed by atoms with Gasteiger partial charge in [0.25, 0.3) is 5.69 Å². The summed E-state index contributed by atoms with van der Waals surface area (Å²) in [5.74, 6) is 0.599. The molecule has 0 amide bonds. The molecule has 1 heterocycles.